The highest BCUT2D eigenvalue weighted by Crippen LogP contribution is 2.49. The largest absolute Gasteiger partial charge is 0.481 e. The number of carbonyl (C=O) groups is 1. The number of hydrogen-bond donors (Lipinski definition) is 0. The second kappa shape index (κ2) is 5.60. The average Bonchev–Trinajstić information content (AvgIpc) is 2.66. The van der Waals surface area contributed by atoms with E-state index in [1.165, 1.54) is 0 Å². The van der Waals surface area contributed by atoms with Crippen molar-refractivity contribution in [1.29, 1.82) is 0 Å². The molecule has 0 fully saturated rings. The fraction of sp³-hybridized carbons (Fsp3) is 0.0952. The maximum absolute atomic E-state index is 16.3. The second-order valence-electron chi connectivity index (χ2n) is 5.81. The first-order valence-corrected chi connectivity index (χ1v) is 7.81. The monoisotopic (exact) mass is 318 g/mol. The predicted molar refractivity (Wildman–Crippen MR) is 89.8 cm³/mol. The van der Waals surface area contributed by atoms with Gasteiger partial charge in [-0.15, -0.1) is 0 Å². The van der Waals surface area contributed by atoms with Crippen molar-refractivity contribution in [2.24, 2.45) is 0 Å². The Labute approximate surface area is 139 Å². The molecule has 3 aromatic rings. The van der Waals surface area contributed by atoms with E-state index in [2.05, 4.69) is 0 Å². The lowest BCUT2D eigenvalue weighted by Gasteiger charge is -2.38. The average molecular weight is 318 g/mol. The van der Waals surface area contributed by atoms with E-state index in [0.717, 1.165) is 0 Å². The number of ether oxygens (including phenoxy) is 1. The number of alkyl halides is 1. The van der Waals surface area contributed by atoms with Crippen molar-refractivity contribution in [1.82, 2.24) is 0 Å². The molecular weight excluding hydrogens is 303 g/mol. The van der Waals surface area contributed by atoms with Gasteiger partial charge in [0.1, 0.15) is 5.75 Å². The van der Waals surface area contributed by atoms with Crippen LogP contribution >= 0.6 is 0 Å². The fourth-order valence-electron chi connectivity index (χ4n) is 3.17. The molecule has 0 N–H and O–H groups in total. The first-order valence-electron chi connectivity index (χ1n) is 7.81. The van der Waals surface area contributed by atoms with E-state index in [9.17, 15) is 4.79 Å². The molecule has 0 aromatic heterocycles. The Morgan fingerprint density at radius 3 is 2.08 bits per heavy atom. The van der Waals surface area contributed by atoms with Crippen LogP contribution in [0.5, 0.6) is 5.75 Å². The molecule has 24 heavy (non-hydrogen) atoms. The number of carbonyl (C=O) groups excluding carboxylic acids is 1. The number of halogens is 1. The molecule has 118 valence electrons. The van der Waals surface area contributed by atoms with E-state index in [-0.39, 0.29) is 5.56 Å². The van der Waals surface area contributed by atoms with Gasteiger partial charge >= 0.3 is 0 Å². The summed E-state index contributed by atoms with van der Waals surface area (Å²) < 4.78 is 22.2. The molecule has 2 atom stereocenters. The lowest BCUT2D eigenvalue weighted by molar-refractivity contribution is -0.000296. The highest BCUT2D eigenvalue weighted by Gasteiger charge is 2.54. The number of Topliss-reactive ketones (excluding diaryl/α,β-unsaturated/α-hetero) is 1. The van der Waals surface area contributed by atoms with Crippen molar-refractivity contribution in [2.45, 2.75) is 11.8 Å². The van der Waals surface area contributed by atoms with Gasteiger partial charge in [0.15, 0.2) is 6.10 Å². The van der Waals surface area contributed by atoms with Crippen molar-refractivity contribution in [3.05, 3.63) is 102 Å². The van der Waals surface area contributed by atoms with Crippen molar-refractivity contribution >= 4 is 5.78 Å². The Balaban J connectivity index is 1.95. The molecule has 2 nitrogen and oxygen atoms in total. The van der Waals surface area contributed by atoms with Crippen LogP contribution in [0.15, 0.2) is 84.9 Å². The van der Waals surface area contributed by atoms with Crippen molar-refractivity contribution in [2.75, 3.05) is 0 Å². The summed E-state index contributed by atoms with van der Waals surface area (Å²) in [5, 5.41) is 0. The molecule has 0 spiro atoms. The van der Waals surface area contributed by atoms with Crippen LogP contribution in [0.2, 0.25) is 0 Å². The van der Waals surface area contributed by atoms with Gasteiger partial charge in [0.25, 0.3) is 0 Å². The van der Waals surface area contributed by atoms with Crippen LogP contribution in [0.4, 0.5) is 4.39 Å². The number of hydrogen-bond acceptors (Lipinski definition) is 2. The Morgan fingerprint density at radius 1 is 0.792 bits per heavy atom. The molecule has 1 heterocycles. The zero-order chi connectivity index (χ0) is 16.6. The van der Waals surface area contributed by atoms with Crippen LogP contribution in [0.1, 0.15) is 27.6 Å². The number of benzene rings is 3. The normalized spacial score (nSPS) is 22.5. The van der Waals surface area contributed by atoms with E-state index >= 15 is 4.39 Å². The van der Waals surface area contributed by atoms with Crippen molar-refractivity contribution in [3.8, 4) is 5.75 Å². The highest BCUT2D eigenvalue weighted by atomic mass is 19.1. The zero-order valence-corrected chi connectivity index (χ0v) is 12.9. The van der Waals surface area contributed by atoms with Crippen molar-refractivity contribution in [3.63, 3.8) is 0 Å². The van der Waals surface area contributed by atoms with Crippen LogP contribution in [-0.2, 0) is 5.67 Å². The van der Waals surface area contributed by atoms with Crippen LogP contribution in [-0.4, -0.2) is 5.78 Å². The summed E-state index contributed by atoms with van der Waals surface area (Å²) in [5.41, 5.74) is -1.06. The Kier molecular flexibility index (Phi) is 3.42. The molecule has 3 heteroatoms. The molecule has 3 aromatic carbocycles. The summed E-state index contributed by atoms with van der Waals surface area (Å²) in [6, 6.07) is 24.4. The lowest BCUT2D eigenvalue weighted by atomic mass is 9.78. The van der Waals surface area contributed by atoms with E-state index in [0.29, 0.717) is 16.9 Å². The smallest absolute Gasteiger partial charge is 0.238 e. The molecule has 0 bridgehead atoms. The van der Waals surface area contributed by atoms with Crippen LogP contribution in [0, 0.1) is 0 Å². The summed E-state index contributed by atoms with van der Waals surface area (Å²) >= 11 is 0. The fourth-order valence-corrected chi connectivity index (χ4v) is 3.17. The van der Waals surface area contributed by atoms with Gasteiger partial charge in [-0.3, -0.25) is 4.79 Å². The predicted octanol–water partition coefficient (Wildman–Crippen LogP) is 4.87. The summed E-state index contributed by atoms with van der Waals surface area (Å²) in [5.74, 6) is -0.148. The molecule has 0 aliphatic carbocycles. The highest BCUT2D eigenvalue weighted by molar-refractivity contribution is 6.06. The Morgan fingerprint density at radius 2 is 1.38 bits per heavy atom. The van der Waals surface area contributed by atoms with Gasteiger partial charge in [-0.25, -0.2) is 4.39 Å². The number of fused-ring (bicyclic) bond motifs is 1. The van der Waals surface area contributed by atoms with Gasteiger partial charge < -0.3 is 4.74 Å². The van der Waals surface area contributed by atoms with Gasteiger partial charge in [-0.2, -0.15) is 0 Å². The quantitative estimate of drug-likeness (QED) is 0.674. The third kappa shape index (κ3) is 2.13. The van der Waals surface area contributed by atoms with Crippen molar-refractivity contribution < 1.29 is 13.9 Å². The van der Waals surface area contributed by atoms with Crippen LogP contribution < -0.4 is 4.74 Å². The van der Waals surface area contributed by atoms with Gasteiger partial charge in [0, 0.05) is 5.56 Å². The lowest BCUT2D eigenvalue weighted by Crippen LogP contribution is -2.43. The summed E-state index contributed by atoms with van der Waals surface area (Å²) in [4.78, 5) is 13.1. The molecule has 0 saturated heterocycles. The molecule has 0 radical (unpaired) electrons. The molecule has 1 aliphatic rings. The van der Waals surface area contributed by atoms with E-state index in [4.69, 9.17) is 4.74 Å². The standard InChI is InChI=1S/C21H15FO2/c22-21(16-11-5-2-6-12-16)19(23)17-13-7-8-14-18(17)24-20(21)15-9-3-1-4-10-15/h1-14,20H/t20-,21+/m1/s1. The first kappa shape index (κ1) is 14.6. The van der Waals surface area contributed by atoms with Crippen LogP contribution in [0.3, 0.4) is 0 Å². The van der Waals surface area contributed by atoms with Gasteiger partial charge in [-0.1, -0.05) is 72.8 Å². The number of rotatable bonds is 2. The molecule has 0 unspecified atom stereocenters. The second-order valence-corrected chi connectivity index (χ2v) is 5.81. The van der Waals surface area contributed by atoms with E-state index < -0.39 is 17.6 Å². The maximum atomic E-state index is 16.3. The number of ketones is 1. The maximum Gasteiger partial charge on any atom is 0.238 e. The van der Waals surface area contributed by atoms with Gasteiger partial charge in [0.2, 0.25) is 11.5 Å². The van der Waals surface area contributed by atoms with Crippen LogP contribution in [0.25, 0.3) is 0 Å². The molecule has 1 aliphatic heterocycles. The number of para-hydroxylation sites is 1. The van der Waals surface area contributed by atoms with E-state index in [1.54, 1.807) is 66.7 Å². The van der Waals surface area contributed by atoms with E-state index in [1.807, 2.05) is 18.2 Å². The zero-order valence-electron chi connectivity index (χ0n) is 12.9. The minimum Gasteiger partial charge on any atom is -0.481 e. The minimum absolute atomic E-state index is 0.274. The summed E-state index contributed by atoms with van der Waals surface area (Å²) in [6.07, 6.45) is -1.02. The third-order valence-corrected chi connectivity index (χ3v) is 4.36. The minimum atomic E-state index is -2.27. The topological polar surface area (TPSA) is 26.3 Å². The molecular formula is C21H15FO2. The Bertz CT molecular complexity index is 877. The van der Waals surface area contributed by atoms with Gasteiger partial charge in [-0.05, 0) is 17.7 Å². The summed E-state index contributed by atoms with van der Waals surface area (Å²) in [7, 11) is 0. The SMILES string of the molecule is O=C1c2ccccc2O[C@H](c2ccccc2)[C@]1(F)c1ccccc1. The third-order valence-electron chi connectivity index (χ3n) is 4.36. The molecule has 0 amide bonds. The molecule has 0 saturated carbocycles. The first-order chi connectivity index (χ1) is 11.7. The van der Waals surface area contributed by atoms with Gasteiger partial charge in [0.05, 0.1) is 5.56 Å². The Hall–Kier alpha value is -2.94. The molecule has 4 rings (SSSR count). The summed E-state index contributed by atoms with van der Waals surface area (Å²) in [6.45, 7) is 0.